The van der Waals surface area contributed by atoms with Crippen LogP contribution in [0.4, 0.5) is 0 Å². The molecule has 0 aromatic carbocycles. The van der Waals surface area contributed by atoms with E-state index in [1.54, 1.807) is 6.26 Å². The van der Waals surface area contributed by atoms with Crippen molar-refractivity contribution in [1.29, 1.82) is 5.26 Å². The van der Waals surface area contributed by atoms with Crippen molar-refractivity contribution in [3.05, 3.63) is 18.4 Å². The van der Waals surface area contributed by atoms with Crippen molar-refractivity contribution in [1.82, 2.24) is 10.3 Å². The van der Waals surface area contributed by atoms with Crippen LogP contribution in [0.5, 0.6) is 0 Å². The van der Waals surface area contributed by atoms with Crippen LogP contribution < -0.4 is 5.32 Å². The number of hydrogen-bond donors (Lipinski definition) is 1. The molecule has 1 saturated carbocycles. The summed E-state index contributed by atoms with van der Waals surface area (Å²) in [7, 11) is 0. The number of nitriles is 1. The Morgan fingerprint density at radius 1 is 1.64 bits per heavy atom. The van der Waals surface area contributed by atoms with E-state index in [1.165, 1.54) is 6.39 Å². The Bertz CT molecular complexity index is 315. The van der Waals surface area contributed by atoms with Gasteiger partial charge in [-0.05, 0) is 19.3 Å². The molecule has 1 aromatic heterocycles. The van der Waals surface area contributed by atoms with Gasteiger partial charge in [-0.1, -0.05) is 0 Å². The van der Waals surface area contributed by atoms with Gasteiger partial charge in [-0.2, -0.15) is 5.26 Å². The molecule has 14 heavy (non-hydrogen) atoms. The molecular weight excluding hydrogens is 178 g/mol. The van der Waals surface area contributed by atoms with Crippen LogP contribution in [0.2, 0.25) is 0 Å². The molecule has 2 atom stereocenters. The van der Waals surface area contributed by atoms with Crippen molar-refractivity contribution < 1.29 is 4.42 Å². The zero-order chi connectivity index (χ0) is 9.80. The molecule has 4 heteroatoms. The van der Waals surface area contributed by atoms with E-state index in [0.29, 0.717) is 6.04 Å². The fraction of sp³-hybridized carbons (Fsp3) is 0.600. The molecule has 1 aliphatic carbocycles. The first-order chi connectivity index (χ1) is 6.88. The van der Waals surface area contributed by atoms with E-state index in [4.69, 9.17) is 9.68 Å². The molecular formula is C10H13N3O. The van der Waals surface area contributed by atoms with E-state index in [1.807, 2.05) is 0 Å². The minimum Gasteiger partial charge on any atom is -0.451 e. The second-order valence-electron chi connectivity index (χ2n) is 3.70. The SMILES string of the molecule is N#CC1CCC(NCc2cocn2)C1. The number of aromatic nitrogens is 1. The summed E-state index contributed by atoms with van der Waals surface area (Å²) in [5, 5.41) is 12.1. The molecule has 2 rings (SSSR count). The van der Waals surface area contributed by atoms with Gasteiger partial charge < -0.3 is 9.73 Å². The highest BCUT2D eigenvalue weighted by molar-refractivity contribution is 4.95. The zero-order valence-corrected chi connectivity index (χ0v) is 7.94. The lowest BCUT2D eigenvalue weighted by Gasteiger charge is -2.09. The molecule has 0 amide bonds. The van der Waals surface area contributed by atoms with Crippen molar-refractivity contribution in [3.8, 4) is 6.07 Å². The molecule has 1 fully saturated rings. The Kier molecular flexibility index (Phi) is 2.80. The number of oxazole rings is 1. The molecule has 0 aliphatic heterocycles. The van der Waals surface area contributed by atoms with E-state index in [0.717, 1.165) is 31.5 Å². The number of rotatable bonds is 3. The highest BCUT2D eigenvalue weighted by Crippen LogP contribution is 2.24. The summed E-state index contributed by atoms with van der Waals surface area (Å²) in [6.07, 6.45) is 6.16. The molecule has 1 aromatic rings. The van der Waals surface area contributed by atoms with Gasteiger partial charge in [0.2, 0.25) is 0 Å². The Morgan fingerprint density at radius 3 is 3.21 bits per heavy atom. The van der Waals surface area contributed by atoms with E-state index < -0.39 is 0 Å². The van der Waals surface area contributed by atoms with Crippen LogP contribution in [0.15, 0.2) is 17.1 Å². The summed E-state index contributed by atoms with van der Waals surface area (Å²) >= 11 is 0. The van der Waals surface area contributed by atoms with Gasteiger partial charge in [0.05, 0.1) is 11.8 Å². The van der Waals surface area contributed by atoms with Gasteiger partial charge in [-0.15, -0.1) is 0 Å². The third-order valence-electron chi connectivity index (χ3n) is 2.67. The monoisotopic (exact) mass is 191 g/mol. The van der Waals surface area contributed by atoms with E-state index in [-0.39, 0.29) is 5.92 Å². The third-order valence-corrected chi connectivity index (χ3v) is 2.67. The molecule has 0 radical (unpaired) electrons. The van der Waals surface area contributed by atoms with Crippen LogP contribution in [0, 0.1) is 17.2 Å². The van der Waals surface area contributed by atoms with Gasteiger partial charge in [0.1, 0.15) is 6.26 Å². The van der Waals surface area contributed by atoms with Crippen LogP contribution in [0.1, 0.15) is 25.0 Å². The van der Waals surface area contributed by atoms with Gasteiger partial charge in [-0.3, -0.25) is 0 Å². The Balaban J connectivity index is 1.75. The van der Waals surface area contributed by atoms with Gasteiger partial charge in [-0.25, -0.2) is 4.98 Å². The van der Waals surface area contributed by atoms with Gasteiger partial charge in [0.25, 0.3) is 0 Å². The average molecular weight is 191 g/mol. The fourth-order valence-electron chi connectivity index (χ4n) is 1.86. The second-order valence-corrected chi connectivity index (χ2v) is 3.70. The summed E-state index contributed by atoms with van der Waals surface area (Å²) in [6, 6.07) is 2.78. The molecule has 1 N–H and O–H groups in total. The molecule has 2 unspecified atom stereocenters. The van der Waals surface area contributed by atoms with Crippen molar-refractivity contribution in [3.63, 3.8) is 0 Å². The standard InChI is InChI=1S/C10H13N3O/c11-4-8-1-2-9(3-8)12-5-10-6-14-7-13-10/h6-9,12H,1-3,5H2. The van der Waals surface area contributed by atoms with E-state index in [2.05, 4.69) is 16.4 Å². The van der Waals surface area contributed by atoms with Crippen molar-refractivity contribution in [2.24, 2.45) is 5.92 Å². The van der Waals surface area contributed by atoms with Crippen LogP contribution >= 0.6 is 0 Å². The van der Waals surface area contributed by atoms with Crippen molar-refractivity contribution >= 4 is 0 Å². The topological polar surface area (TPSA) is 61.9 Å². The first-order valence-electron chi connectivity index (χ1n) is 4.88. The summed E-state index contributed by atoms with van der Waals surface area (Å²) in [5.41, 5.74) is 0.922. The quantitative estimate of drug-likeness (QED) is 0.785. The zero-order valence-electron chi connectivity index (χ0n) is 7.94. The number of nitrogens with zero attached hydrogens (tertiary/aromatic N) is 2. The van der Waals surface area contributed by atoms with Crippen molar-refractivity contribution in [2.45, 2.75) is 31.8 Å². The van der Waals surface area contributed by atoms with Crippen molar-refractivity contribution in [2.75, 3.05) is 0 Å². The second kappa shape index (κ2) is 4.25. The molecule has 1 aliphatic rings. The lowest BCUT2D eigenvalue weighted by Crippen LogP contribution is -2.25. The molecule has 1 heterocycles. The van der Waals surface area contributed by atoms with E-state index in [9.17, 15) is 0 Å². The molecule has 0 spiro atoms. The normalized spacial score (nSPS) is 26.2. The van der Waals surface area contributed by atoms with Crippen LogP contribution in [-0.2, 0) is 6.54 Å². The first kappa shape index (κ1) is 9.22. The lowest BCUT2D eigenvalue weighted by molar-refractivity contribution is 0.507. The molecule has 74 valence electrons. The van der Waals surface area contributed by atoms with Gasteiger partial charge in [0, 0.05) is 18.5 Å². The Hall–Kier alpha value is -1.34. The molecule has 0 bridgehead atoms. The van der Waals surface area contributed by atoms with Crippen LogP contribution in [0.25, 0.3) is 0 Å². The average Bonchev–Trinajstić information content (AvgIpc) is 2.86. The molecule has 4 nitrogen and oxygen atoms in total. The summed E-state index contributed by atoms with van der Waals surface area (Å²) in [5.74, 6) is 0.241. The molecule has 0 saturated heterocycles. The highest BCUT2D eigenvalue weighted by atomic mass is 16.3. The first-order valence-corrected chi connectivity index (χ1v) is 4.88. The smallest absolute Gasteiger partial charge is 0.180 e. The fourth-order valence-corrected chi connectivity index (χ4v) is 1.86. The maximum absolute atomic E-state index is 8.73. The largest absolute Gasteiger partial charge is 0.451 e. The number of hydrogen-bond acceptors (Lipinski definition) is 4. The number of nitrogens with one attached hydrogen (secondary N) is 1. The van der Waals surface area contributed by atoms with Crippen LogP contribution in [0.3, 0.4) is 0 Å². The maximum Gasteiger partial charge on any atom is 0.180 e. The predicted molar refractivity (Wildman–Crippen MR) is 50.1 cm³/mol. The summed E-state index contributed by atoms with van der Waals surface area (Å²) < 4.78 is 4.87. The summed E-state index contributed by atoms with van der Waals surface area (Å²) in [6.45, 7) is 0.735. The Labute approximate surface area is 82.9 Å². The maximum atomic E-state index is 8.73. The van der Waals surface area contributed by atoms with Crippen LogP contribution in [-0.4, -0.2) is 11.0 Å². The predicted octanol–water partition coefficient (Wildman–Crippen LogP) is 1.46. The van der Waals surface area contributed by atoms with E-state index >= 15 is 0 Å². The van der Waals surface area contributed by atoms with Gasteiger partial charge in [0.15, 0.2) is 6.39 Å². The summed E-state index contributed by atoms with van der Waals surface area (Å²) in [4.78, 5) is 4.02. The van der Waals surface area contributed by atoms with Gasteiger partial charge >= 0.3 is 0 Å². The minimum atomic E-state index is 0.241. The lowest BCUT2D eigenvalue weighted by atomic mass is 10.1. The minimum absolute atomic E-state index is 0.241. The Morgan fingerprint density at radius 2 is 2.57 bits per heavy atom. The highest BCUT2D eigenvalue weighted by Gasteiger charge is 2.23. The third kappa shape index (κ3) is 2.12.